The summed E-state index contributed by atoms with van der Waals surface area (Å²) in [6, 6.07) is 13.5. The first kappa shape index (κ1) is 30.4. The van der Waals surface area contributed by atoms with E-state index in [9.17, 15) is 19.6 Å². The van der Waals surface area contributed by atoms with Crippen LogP contribution >= 0.6 is 0 Å². The number of nitriles is 1. The zero-order chi connectivity index (χ0) is 32.0. The maximum atomic E-state index is 13.3. The van der Waals surface area contributed by atoms with Crippen molar-refractivity contribution < 1.29 is 14.4 Å². The Bertz CT molecular complexity index is 1610. The van der Waals surface area contributed by atoms with Gasteiger partial charge >= 0.3 is 0 Å². The van der Waals surface area contributed by atoms with Crippen molar-refractivity contribution in [2.24, 2.45) is 5.92 Å². The molecular weight excluding hydrogens is 570 g/mol. The maximum Gasteiger partial charge on any atom is 0.253 e. The molecule has 2 fully saturated rings. The van der Waals surface area contributed by atoms with Gasteiger partial charge < -0.3 is 20.0 Å². The topological polar surface area (TPSA) is 151 Å². The summed E-state index contributed by atoms with van der Waals surface area (Å²) in [4.78, 5) is 44.2. The van der Waals surface area contributed by atoms with E-state index in [1.54, 1.807) is 42.9 Å². The van der Waals surface area contributed by atoms with E-state index < -0.39 is 5.41 Å². The number of aryl methyl sites for hydroxylation is 2. The second-order valence-corrected chi connectivity index (χ2v) is 13.0. The molecule has 3 aromatic rings. The minimum Gasteiger partial charge on any atom is -0.345 e. The lowest BCUT2D eigenvalue weighted by atomic mass is 9.67. The Labute approximate surface area is 262 Å². The Balaban J connectivity index is 1.42. The quantitative estimate of drug-likeness (QED) is 0.393. The van der Waals surface area contributed by atoms with E-state index in [1.807, 2.05) is 43.3 Å². The third-order valence-corrected chi connectivity index (χ3v) is 9.58. The number of benzene rings is 2. The molecule has 45 heavy (non-hydrogen) atoms. The van der Waals surface area contributed by atoms with Crippen molar-refractivity contribution in [3.63, 3.8) is 0 Å². The molecule has 12 nitrogen and oxygen atoms in total. The van der Waals surface area contributed by atoms with Crippen molar-refractivity contribution in [2.45, 2.75) is 62.6 Å². The van der Waals surface area contributed by atoms with Gasteiger partial charge in [0.25, 0.3) is 11.8 Å². The standard InChI is InChI=1S/C33H39N9O3/c1-19(35-18-29(43)42-25(17-34)14-24-15-28(24)42)16-33(32-36-38-39-37-32)26-10-8-22(30(44)40(2)3)12-20(26)6-7-21-13-23(9-11-27(21)33)31(45)41(4)5/h8-13,19,24-25,28,35H,6-7,14-16,18H2,1-5H3,(H,36,37,38,39)/t19-,24?,25?,28-/m0/s1. The Hall–Kier alpha value is -4.63. The number of aromatic amines is 1. The monoisotopic (exact) mass is 609 g/mol. The normalized spacial score (nSPS) is 21.4. The number of hydrogen-bond acceptors (Lipinski definition) is 8. The molecule has 3 aliphatic rings. The van der Waals surface area contributed by atoms with Gasteiger partial charge in [-0.05, 0) is 91.5 Å². The van der Waals surface area contributed by atoms with Crippen molar-refractivity contribution in [3.8, 4) is 6.07 Å². The van der Waals surface area contributed by atoms with E-state index in [0.29, 0.717) is 42.1 Å². The van der Waals surface area contributed by atoms with Crippen LogP contribution in [0.2, 0.25) is 0 Å². The summed E-state index contributed by atoms with van der Waals surface area (Å²) in [6.45, 7) is 2.13. The number of tetrazole rings is 1. The van der Waals surface area contributed by atoms with E-state index in [0.717, 1.165) is 35.1 Å². The second kappa shape index (κ2) is 11.7. The number of carbonyl (C=O) groups is 3. The molecule has 1 saturated carbocycles. The van der Waals surface area contributed by atoms with Gasteiger partial charge in [0, 0.05) is 51.4 Å². The Kier molecular flexibility index (Phi) is 7.91. The first-order valence-corrected chi connectivity index (χ1v) is 15.4. The molecule has 2 unspecified atom stereocenters. The van der Waals surface area contributed by atoms with Gasteiger partial charge in [-0.1, -0.05) is 17.3 Å². The van der Waals surface area contributed by atoms with Crippen molar-refractivity contribution in [1.29, 1.82) is 5.26 Å². The van der Waals surface area contributed by atoms with E-state index in [2.05, 4.69) is 32.0 Å². The summed E-state index contributed by atoms with van der Waals surface area (Å²) in [6.07, 6.45) is 3.49. The SMILES string of the molecule is C[C@@H](CC1(c2nn[nH]n2)c2ccc(C(=O)N(C)C)cc2CCc2cc(C(=O)N(C)C)ccc21)NCC(=O)N1C(C#N)CC2C[C@@H]21. The first-order chi connectivity index (χ1) is 21.5. The minimum absolute atomic E-state index is 0.0626. The lowest BCUT2D eigenvalue weighted by Gasteiger charge is -2.36. The second-order valence-electron chi connectivity index (χ2n) is 13.0. The number of fused-ring (bicyclic) bond motifs is 3. The van der Waals surface area contributed by atoms with Crippen molar-refractivity contribution in [3.05, 3.63) is 75.6 Å². The summed E-state index contributed by atoms with van der Waals surface area (Å²) in [5, 5.41) is 28.7. The molecule has 1 aromatic heterocycles. The molecule has 12 heteroatoms. The molecule has 1 aliphatic heterocycles. The van der Waals surface area contributed by atoms with Crippen molar-refractivity contribution in [1.82, 2.24) is 40.6 Å². The van der Waals surface area contributed by atoms with E-state index in [4.69, 9.17) is 0 Å². The van der Waals surface area contributed by atoms with Gasteiger partial charge in [0.15, 0.2) is 5.82 Å². The number of nitrogens with one attached hydrogen (secondary N) is 2. The van der Waals surface area contributed by atoms with Gasteiger partial charge in [0.1, 0.15) is 6.04 Å². The number of hydrogen-bond donors (Lipinski definition) is 2. The molecule has 0 spiro atoms. The van der Waals surface area contributed by atoms with Gasteiger partial charge in [-0.3, -0.25) is 14.4 Å². The summed E-state index contributed by atoms with van der Waals surface area (Å²) < 4.78 is 0. The van der Waals surface area contributed by atoms with Crippen LogP contribution in [-0.4, -0.2) is 106 Å². The number of nitrogens with zero attached hydrogens (tertiary/aromatic N) is 7. The third-order valence-electron chi connectivity index (χ3n) is 9.58. The Morgan fingerprint density at radius 1 is 1.02 bits per heavy atom. The van der Waals surface area contributed by atoms with Crippen molar-refractivity contribution in [2.75, 3.05) is 34.7 Å². The van der Waals surface area contributed by atoms with Crippen LogP contribution in [0.3, 0.4) is 0 Å². The molecule has 2 N–H and O–H groups in total. The molecule has 2 aliphatic carbocycles. The molecule has 1 saturated heterocycles. The van der Waals surface area contributed by atoms with Gasteiger partial charge in [0.05, 0.1) is 18.0 Å². The van der Waals surface area contributed by atoms with Gasteiger partial charge in [-0.25, -0.2) is 0 Å². The van der Waals surface area contributed by atoms with Crippen LogP contribution < -0.4 is 5.32 Å². The highest BCUT2D eigenvalue weighted by atomic mass is 16.2. The van der Waals surface area contributed by atoms with E-state index in [1.165, 1.54) is 0 Å². The third kappa shape index (κ3) is 5.35. The number of carbonyl (C=O) groups excluding carboxylic acids is 3. The number of rotatable bonds is 8. The van der Waals surface area contributed by atoms with Crippen LogP contribution in [0.25, 0.3) is 0 Å². The molecule has 0 bridgehead atoms. The molecular formula is C33H39N9O3. The maximum absolute atomic E-state index is 13.3. The predicted octanol–water partition coefficient (Wildman–Crippen LogP) is 1.92. The fraction of sp³-hybridized carbons (Fsp3) is 0.485. The van der Waals surface area contributed by atoms with Crippen LogP contribution in [0.15, 0.2) is 36.4 Å². The number of piperidine rings is 1. The fourth-order valence-electron chi connectivity index (χ4n) is 7.34. The van der Waals surface area contributed by atoms with Crippen LogP contribution in [0.5, 0.6) is 0 Å². The number of amides is 3. The Morgan fingerprint density at radius 2 is 1.62 bits per heavy atom. The highest BCUT2D eigenvalue weighted by molar-refractivity contribution is 5.95. The highest BCUT2D eigenvalue weighted by Gasteiger charge is 2.54. The van der Waals surface area contributed by atoms with Crippen molar-refractivity contribution >= 4 is 17.7 Å². The van der Waals surface area contributed by atoms with Crippen LogP contribution in [0, 0.1) is 17.2 Å². The lowest BCUT2D eigenvalue weighted by molar-refractivity contribution is -0.131. The molecule has 3 amide bonds. The fourth-order valence-corrected chi connectivity index (χ4v) is 7.34. The number of likely N-dealkylation sites (tertiary alicyclic amines) is 1. The van der Waals surface area contributed by atoms with Gasteiger partial charge in [-0.2, -0.15) is 10.5 Å². The van der Waals surface area contributed by atoms with Gasteiger partial charge in [-0.15, -0.1) is 10.2 Å². The average Bonchev–Trinajstić information content (AvgIpc) is 3.42. The van der Waals surface area contributed by atoms with Crippen LogP contribution in [-0.2, 0) is 23.1 Å². The van der Waals surface area contributed by atoms with E-state index >= 15 is 0 Å². The first-order valence-electron chi connectivity index (χ1n) is 15.4. The number of H-pyrrole nitrogens is 1. The van der Waals surface area contributed by atoms with E-state index in [-0.39, 0.29) is 42.4 Å². The predicted molar refractivity (Wildman–Crippen MR) is 165 cm³/mol. The summed E-state index contributed by atoms with van der Waals surface area (Å²) in [7, 11) is 6.93. The largest absolute Gasteiger partial charge is 0.345 e. The zero-order valence-corrected chi connectivity index (χ0v) is 26.4. The highest BCUT2D eigenvalue weighted by Crippen LogP contribution is 2.48. The Morgan fingerprint density at radius 3 is 2.13 bits per heavy atom. The summed E-state index contributed by atoms with van der Waals surface area (Å²) in [5.74, 6) is 0.674. The molecule has 234 valence electrons. The summed E-state index contributed by atoms with van der Waals surface area (Å²) >= 11 is 0. The van der Waals surface area contributed by atoms with Crippen LogP contribution in [0.1, 0.15) is 75.0 Å². The molecule has 2 aromatic carbocycles. The zero-order valence-electron chi connectivity index (χ0n) is 26.4. The lowest BCUT2D eigenvalue weighted by Crippen LogP contribution is -2.46. The minimum atomic E-state index is -0.909. The van der Waals surface area contributed by atoms with Gasteiger partial charge in [0.2, 0.25) is 5.91 Å². The molecule has 6 rings (SSSR count). The van der Waals surface area contributed by atoms with Crippen LogP contribution in [0.4, 0.5) is 0 Å². The summed E-state index contributed by atoms with van der Waals surface area (Å²) in [5.41, 5.74) is 4.14. The average molecular weight is 610 g/mol. The smallest absolute Gasteiger partial charge is 0.253 e. The number of aromatic nitrogens is 4. The molecule has 4 atom stereocenters. The molecule has 0 radical (unpaired) electrons. The molecule has 2 heterocycles.